The van der Waals surface area contributed by atoms with Gasteiger partial charge in [-0.05, 0) is 50.0 Å². The molecule has 0 aliphatic carbocycles. The molecule has 31 heavy (non-hydrogen) atoms. The number of rotatable bonds is 5. The number of carbonyl (C=O) groups excluding carboxylic acids is 2. The van der Waals surface area contributed by atoms with E-state index in [1.165, 1.54) is 30.3 Å². The molecule has 0 fully saturated rings. The molecule has 1 aliphatic rings. The standard InChI is InChI=1S/C24H22N2O4S/c1-26(2)20(16-8-4-3-5-9-16)15-25-24(28)17-12-13-19-22(14-17)31(29,30)21-11-7-6-10-18(21)23(19)27/h3-14,20H,15H2,1-2H3,(H,25,28). The molecular formula is C24H22N2O4S. The molecule has 3 aromatic rings. The first-order chi connectivity index (χ1) is 14.8. The first kappa shape index (κ1) is 21.0. The lowest BCUT2D eigenvalue weighted by Gasteiger charge is -2.25. The lowest BCUT2D eigenvalue weighted by molar-refractivity contribution is 0.0940. The van der Waals surface area contributed by atoms with Crippen LogP contribution in [-0.4, -0.2) is 45.6 Å². The molecule has 0 radical (unpaired) electrons. The van der Waals surface area contributed by atoms with E-state index in [-0.39, 0.29) is 38.3 Å². The number of sulfone groups is 1. The third kappa shape index (κ3) is 3.78. The van der Waals surface area contributed by atoms with Crippen molar-refractivity contribution < 1.29 is 18.0 Å². The van der Waals surface area contributed by atoms with E-state index in [9.17, 15) is 18.0 Å². The molecule has 0 saturated carbocycles. The topological polar surface area (TPSA) is 83.6 Å². The van der Waals surface area contributed by atoms with Gasteiger partial charge in [-0.3, -0.25) is 9.59 Å². The van der Waals surface area contributed by atoms with Crippen molar-refractivity contribution in [3.63, 3.8) is 0 Å². The highest BCUT2D eigenvalue weighted by atomic mass is 32.2. The number of likely N-dealkylation sites (N-methyl/N-ethyl adjacent to an activating group) is 1. The minimum Gasteiger partial charge on any atom is -0.350 e. The Labute approximate surface area is 181 Å². The van der Waals surface area contributed by atoms with Crippen LogP contribution < -0.4 is 5.32 Å². The maximum atomic E-state index is 13.1. The van der Waals surface area contributed by atoms with Gasteiger partial charge in [-0.15, -0.1) is 0 Å². The van der Waals surface area contributed by atoms with Crippen LogP contribution in [0.4, 0.5) is 0 Å². The summed E-state index contributed by atoms with van der Waals surface area (Å²) in [5, 5.41) is 2.88. The molecule has 0 saturated heterocycles. The van der Waals surface area contributed by atoms with E-state index >= 15 is 0 Å². The number of benzene rings is 3. The largest absolute Gasteiger partial charge is 0.350 e. The molecule has 7 heteroatoms. The third-order valence-electron chi connectivity index (χ3n) is 5.46. The molecule has 1 aliphatic heterocycles. The van der Waals surface area contributed by atoms with Crippen molar-refractivity contribution in [3.05, 3.63) is 95.1 Å². The van der Waals surface area contributed by atoms with Crippen LogP contribution >= 0.6 is 0 Å². The quantitative estimate of drug-likeness (QED) is 0.522. The van der Waals surface area contributed by atoms with Crippen molar-refractivity contribution in [2.24, 2.45) is 0 Å². The fraction of sp³-hybridized carbons (Fsp3) is 0.167. The Balaban J connectivity index is 1.61. The summed E-state index contributed by atoms with van der Waals surface area (Å²) in [6.07, 6.45) is 0. The Kier molecular flexibility index (Phi) is 5.47. The Morgan fingerprint density at radius 2 is 1.55 bits per heavy atom. The number of hydrogen-bond donors (Lipinski definition) is 1. The minimum atomic E-state index is -3.89. The fourth-order valence-electron chi connectivity index (χ4n) is 3.79. The minimum absolute atomic E-state index is 0.0261. The van der Waals surface area contributed by atoms with Crippen LogP contribution in [0.3, 0.4) is 0 Å². The molecule has 1 atom stereocenters. The molecule has 1 amide bonds. The molecule has 0 aromatic heterocycles. The Morgan fingerprint density at radius 3 is 2.26 bits per heavy atom. The summed E-state index contributed by atoms with van der Waals surface area (Å²) in [7, 11) is -0.0292. The molecule has 1 heterocycles. The van der Waals surface area contributed by atoms with Gasteiger partial charge < -0.3 is 10.2 Å². The first-order valence-corrected chi connectivity index (χ1v) is 11.3. The van der Waals surface area contributed by atoms with Crippen LogP contribution in [0.1, 0.15) is 37.9 Å². The normalized spacial score (nSPS) is 15.1. The smallest absolute Gasteiger partial charge is 0.251 e. The maximum absolute atomic E-state index is 13.1. The maximum Gasteiger partial charge on any atom is 0.251 e. The molecule has 0 bridgehead atoms. The number of carbonyl (C=O) groups is 2. The summed E-state index contributed by atoms with van der Waals surface area (Å²) in [5.74, 6) is -0.753. The summed E-state index contributed by atoms with van der Waals surface area (Å²) in [5.41, 5.74) is 1.50. The summed E-state index contributed by atoms with van der Waals surface area (Å²) >= 11 is 0. The van der Waals surface area contributed by atoms with E-state index in [1.54, 1.807) is 12.1 Å². The molecule has 3 aromatic carbocycles. The van der Waals surface area contributed by atoms with Gasteiger partial charge in [0.05, 0.1) is 15.8 Å². The molecule has 4 rings (SSSR count). The van der Waals surface area contributed by atoms with Gasteiger partial charge in [0, 0.05) is 23.2 Å². The number of nitrogens with zero attached hydrogens (tertiary/aromatic N) is 1. The highest BCUT2D eigenvalue weighted by Crippen LogP contribution is 2.34. The summed E-state index contributed by atoms with van der Waals surface area (Å²) in [4.78, 5) is 27.4. The van der Waals surface area contributed by atoms with Gasteiger partial charge in [0.15, 0.2) is 5.78 Å². The predicted octanol–water partition coefficient (Wildman–Crippen LogP) is 3.10. The SMILES string of the molecule is CN(C)C(CNC(=O)c1ccc2c(c1)S(=O)(=O)c1ccccc1C2=O)c1ccccc1. The van der Waals surface area contributed by atoms with Crippen LogP contribution in [-0.2, 0) is 9.84 Å². The number of nitrogens with one attached hydrogen (secondary N) is 1. The van der Waals surface area contributed by atoms with E-state index in [2.05, 4.69) is 5.32 Å². The molecule has 0 spiro atoms. The molecule has 158 valence electrons. The predicted molar refractivity (Wildman–Crippen MR) is 117 cm³/mol. The number of amides is 1. The van der Waals surface area contributed by atoms with E-state index in [1.807, 2.05) is 49.3 Å². The van der Waals surface area contributed by atoms with Gasteiger partial charge in [-0.2, -0.15) is 0 Å². The zero-order valence-corrected chi connectivity index (χ0v) is 18.0. The monoisotopic (exact) mass is 434 g/mol. The van der Waals surface area contributed by atoms with Gasteiger partial charge >= 0.3 is 0 Å². The summed E-state index contributed by atoms with van der Waals surface area (Å²) in [6.45, 7) is 0.349. The average molecular weight is 435 g/mol. The van der Waals surface area contributed by atoms with Crippen LogP contribution in [0, 0.1) is 0 Å². The second-order valence-electron chi connectivity index (χ2n) is 7.64. The van der Waals surface area contributed by atoms with Crippen molar-refractivity contribution in [3.8, 4) is 0 Å². The fourth-order valence-corrected chi connectivity index (χ4v) is 5.47. The van der Waals surface area contributed by atoms with Crippen LogP contribution in [0.5, 0.6) is 0 Å². The van der Waals surface area contributed by atoms with Crippen molar-refractivity contribution in [1.29, 1.82) is 0 Å². The lowest BCUT2D eigenvalue weighted by atomic mass is 10.0. The Hall–Kier alpha value is -3.29. The number of hydrogen-bond acceptors (Lipinski definition) is 5. The van der Waals surface area contributed by atoms with E-state index < -0.39 is 15.7 Å². The zero-order chi connectivity index (χ0) is 22.2. The van der Waals surface area contributed by atoms with Gasteiger partial charge in [0.1, 0.15) is 0 Å². The van der Waals surface area contributed by atoms with Crippen LogP contribution in [0.25, 0.3) is 0 Å². The second kappa shape index (κ2) is 8.09. The zero-order valence-electron chi connectivity index (χ0n) is 17.2. The highest BCUT2D eigenvalue weighted by molar-refractivity contribution is 7.91. The van der Waals surface area contributed by atoms with Crippen molar-refractivity contribution in [2.75, 3.05) is 20.6 Å². The first-order valence-electron chi connectivity index (χ1n) is 9.83. The molecular weight excluding hydrogens is 412 g/mol. The molecule has 1 unspecified atom stereocenters. The average Bonchev–Trinajstić information content (AvgIpc) is 2.78. The van der Waals surface area contributed by atoms with E-state index in [0.29, 0.717) is 6.54 Å². The van der Waals surface area contributed by atoms with Gasteiger partial charge in [0.25, 0.3) is 5.91 Å². The number of ketones is 1. The highest BCUT2D eigenvalue weighted by Gasteiger charge is 2.35. The van der Waals surface area contributed by atoms with Gasteiger partial charge in [-0.1, -0.05) is 42.5 Å². The van der Waals surface area contributed by atoms with Crippen molar-refractivity contribution >= 4 is 21.5 Å². The summed E-state index contributed by atoms with van der Waals surface area (Å²) in [6, 6.07) is 20.1. The van der Waals surface area contributed by atoms with Crippen molar-refractivity contribution in [2.45, 2.75) is 15.8 Å². The van der Waals surface area contributed by atoms with E-state index in [4.69, 9.17) is 0 Å². The second-order valence-corrected chi connectivity index (χ2v) is 9.53. The van der Waals surface area contributed by atoms with Crippen molar-refractivity contribution in [1.82, 2.24) is 10.2 Å². The van der Waals surface area contributed by atoms with E-state index in [0.717, 1.165) is 5.56 Å². The van der Waals surface area contributed by atoms with Gasteiger partial charge in [0.2, 0.25) is 9.84 Å². The Bertz CT molecular complexity index is 1270. The van der Waals surface area contributed by atoms with Gasteiger partial charge in [-0.25, -0.2) is 8.42 Å². The van der Waals surface area contributed by atoms with Crippen LogP contribution in [0.15, 0.2) is 82.6 Å². The molecule has 1 N–H and O–H groups in total. The van der Waals surface area contributed by atoms with Crippen LogP contribution in [0.2, 0.25) is 0 Å². The lowest BCUT2D eigenvalue weighted by Crippen LogP contribution is -2.34. The molecule has 6 nitrogen and oxygen atoms in total. The third-order valence-corrected chi connectivity index (χ3v) is 7.31. The summed E-state index contributed by atoms with van der Waals surface area (Å²) < 4.78 is 26.1. The Morgan fingerprint density at radius 1 is 0.903 bits per heavy atom. The number of fused-ring (bicyclic) bond motifs is 2.